The Kier molecular flexibility index (Phi) is 5.31. The van der Waals surface area contributed by atoms with Crippen LogP contribution < -0.4 is 5.73 Å². The van der Waals surface area contributed by atoms with Gasteiger partial charge in [0.05, 0.1) is 5.56 Å². The van der Waals surface area contributed by atoms with Gasteiger partial charge in [0.15, 0.2) is 0 Å². The van der Waals surface area contributed by atoms with Crippen LogP contribution in [0.25, 0.3) is 0 Å². The van der Waals surface area contributed by atoms with Gasteiger partial charge in [0.1, 0.15) is 0 Å². The molecule has 0 saturated carbocycles. The predicted molar refractivity (Wildman–Crippen MR) is 84.2 cm³/mol. The summed E-state index contributed by atoms with van der Waals surface area (Å²) in [5, 5.41) is 8.94. The molecule has 132 valence electrons. The normalized spacial score (nSPS) is 11.2. The van der Waals surface area contributed by atoms with Gasteiger partial charge in [-0.25, -0.2) is 4.79 Å². The molecule has 1 amide bonds. The van der Waals surface area contributed by atoms with E-state index < -0.39 is 23.6 Å². The Hall–Kier alpha value is -3.03. The number of nitrogens with two attached hydrogens (primary N) is 1. The summed E-state index contributed by atoms with van der Waals surface area (Å²) in [6, 6.07) is 10.7. The number of hydrogen-bond acceptors (Lipinski definition) is 3. The standard InChI is InChI=1S/C17H15F3N2O3/c18-17(19,20)13-5-1-11(2-6-13)9-22(15(23)16(24)25)10-12-3-7-14(21)8-4-12/h1-8H,9-10,21H2,(H,24,25). The van der Waals surface area contributed by atoms with E-state index in [1.165, 1.54) is 12.1 Å². The summed E-state index contributed by atoms with van der Waals surface area (Å²) in [5.41, 5.74) is 6.31. The number of aliphatic carboxylic acids is 1. The summed E-state index contributed by atoms with van der Waals surface area (Å²) in [7, 11) is 0. The van der Waals surface area contributed by atoms with E-state index in [1.54, 1.807) is 24.3 Å². The van der Waals surface area contributed by atoms with Gasteiger partial charge in [-0.15, -0.1) is 0 Å². The molecule has 25 heavy (non-hydrogen) atoms. The lowest BCUT2D eigenvalue weighted by Crippen LogP contribution is -2.35. The van der Waals surface area contributed by atoms with E-state index in [0.29, 0.717) is 16.8 Å². The van der Waals surface area contributed by atoms with Crippen LogP contribution in [-0.2, 0) is 28.9 Å². The number of nitrogens with zero attached hydrogens (tertiary/aromatic N) is 1. The van der Waals surface area contributed by atoms with Gasteiger partial charge >= 0.3 is 18.1 Å². The number of alkyl halides is 3. The Labute approximate surface area is 141 Å². The third-order valence-electron chi connectivity index (χ3n) is 3.48. The number of carboxylic acids is 1. The molecule has 0 atom stereocenters. The minimum Gasteiger partial charge on any atom is -0.474 e. The van der Waals surface area contributed by atoms with Crippen LogP contribution in [-0.4, -0.2) is 21.9 Å². The first-order chi connectivity index (χ1) is 11.7. The van der Waals surface area contributed by atoms with Crippen molar-refractivity contribution in [1.82, 2.24) is 4.90 Å². The van der Waals surface area contributed by atoms with Gasteiger partial charge in [0.25, 0.3) is 0 Å². The smallest absolute Gasteiger partial charge is 0.416 e. The molecule has 2 rings (SSSR count). The first-order valence-electron chi connectivity index (χ1n) is 7.19. The summed E-state index contributed by atoms with van der Waals surface area (Å²) in [6.45, 7) is -0.139. The van der Waals surface area contributed by atoms with Crippen LogP contribution in [0.1, 0.15) is 16.7 Å². The van der Waals surface area contributed by atoms with Crippen molar-refractivity contribution >= 4 is 17.6 Å². The molecule has 0 heterocycles. The Morgan fingerprint density at radius 1 is 0.920 bits per heavy atom. The van der Waals surface area contributed by atoms with Gasteiger partial charge in [-0.1, -0.05) is 24.3 Å². The van der Waals surface area contributed by atoms with Crippen molar-refractivity contribution in [3.8, 4) is 0 Å². The number of hydrogen-bond donors (Lipinski definition) is 2. The highest BCUT2D eigenvalue weighted by atomic mass is 19.4. The van der Waals surface area contributed by atoms with Crippen molar-refractivity contribution in [2.45, 2.75) is 19.3 Å². The molecule has 5 nitrogen and oxygen atoms in total. The second-order valence-corrected chi connectivity index (χ2v) is 5.40. The van der Waals surface area contributed by atoms with Crippen molar-refractivity contribution in [2.75, 3.05) is 5.73 Å². The number of benzene rings is 2. The van der Waals surface area contributed by atoms with Crippen LogP contribution in [0.5, 0.6) is 0 Å². The molecular weight excluding hydrogens is 337 g/mol. The zero-order valence-corrected chi connectivity index (χ0v) is 13.0. The minimum atomic E-state index is -4.46. The fourth-order valence-electron chi connectivity index (χ4n) is 2.20. The molecule has 0 aliphatic heterocycles. The fourth-order valence-corrected chi connectivity index (χ4v) is 2.20. The number of carboxylic acid groups (broad SMARTS) is 1. The summed E-state index contributed by atoms with van der Waals surface area (Å²) in [6.07, 6.45) is -4.46. The highest BCUT2D eigenvalue weighted by Gasteiger charge is 2.30. The summed E-state index contributed by atoms with van der Waals surface area (Å²) in [4.78, 5) is 23.9. The first kappa shape index (κ1) is 18.3. The van der Waals surface area contributed by atoms with Gasteiger partial charge in [0.2, 0.25) is 0 Å². The highest BCUT2D eigenvalue weighted by Crippen LogP contribution is 2.29. The van der Waals surface area contributed by atoms with E-state index >= 15 is 0 Å². The Morgan fingerprint density at radius 2 is 1.36 bits per heavy atom. The van der Waals surface area contributed by atoms with E-state index in [4.69, 9.17) is 10.8 Å². The van der Waals surface area contributed by atoms with E-state index in [1.807, 2.05) is 0 Å². The van der Waals surface area contributed by atoms with E-state index in [2.05, 4.69) is 0 Å². The lowest BCUT2D eigenvalue weighted by Gasteiger charge is -2.21. The zero-order valence-electron chi connectivity index (χ0n) is 13.0. The molecule has 3 N–H and O–H groups in total. The molecule has 0 unspecified atom stereocenters. The molecule has 0 fully saturated rings. The zero-order chi connectivity index (χ0) is 18.6. The topological polar surface area (TPSA) is 83.6 Å². The molecule has 0 aliphatic rings. The molecular formula is C17H15F3N2O3. The molecule has 0 radical (unpaired) electrons. The number of amides is 1. The summed E-state index contributed by atoms with van der Waals surface area (Å²) in [5.74, 6) is -2.78. The third-order valence-corrected chi connectivity index (χ3v) is 3.48. The van der Waals surface area contributed by atoms with Crippen LogP contribution in [0, 0.1) is 0 Å². The second-order valence-electron chi connectivity index (χ2n) is 5.40. The Morgan fingerprint density at radius 3 is 1.76 bits per heavy atom. The van der Waals surface area contributed by atoms with Crippen LogP contribution in [0.2, 0.25) is 0 Å². The lowest BCUT2D eigenvalue weighted by atomic mass is 10.1. The fraction of sp³-hybridized carbons (Fsp3) is 0.176. The molecule has 8 heteroatoms. The van der Waals surface area contributed by atoms with Crippen molar-refractivity contribution in [1.29, 1.82) is 0 Å². The molecule has 0 aromatic heterocycles. The summed E-state index contributed by atoms with van der Waals surface area (Å²) < 4.78 is 37.8. The molecule has 0 aliphatic carbocycles. The number of carbonyl (C=O) groups excluding carboxylic acids is 1. The van der Waals surface area contributed by atoms with Gasteiger partial charge in [0, 0.05) is 18.8 Å². The molecule has 0 spiro atoms. The Balaban J connectivity index is 2.19. The lowest BCUT2D eigenvalue weighted by molar-refractivity contribution is -0.156. The van der Waals surface area contributed by atoms with Crippen molar-refractivity contribution in [3.63, 3.8) is 0 Å². The quantitative estimate of drug-likeness (QED) is 0.655. The number of halogens is 3. The van der Waals surface area contributed by atoms with Crippen molar-refractivity contribution in [2.24, 2.45) is 0 Å². The maximum atomic E-state index is 12.6. The molecule has 2 aromatic rings. The SMILES string of the molecule is Nc1ccc(CN(Cc2ccc(C(F)(F)F)cc2)C(=O)C(=O)O)cc1. The number of nitrogen functional groups attached to an aromatic ring is 1. The van der Waals surface area contributed by atoms with Gasteiger partial charge in [-0.05, 0) is 35.4 Å². The largest absolute Gasteiger partial charge is 0.474 e. The van der Waals surface area contributed by atoms with Crippen LogP contribution in [0.15, 0.2) is 48.5 Å². The van der Waals surface area contributed by atoms with E-state index in [0.717, 1.165) is 17.0 Å². The number of carbonyl (C=O) groups is 2. The molecule has 0 bridgehead atoms. The summed E-state index contributed by atoms with van der Waals surface area (Å²) >= 11 is 0. The number of rotatable bonds is 4. The van der Waals surface area contributed by atoms with Gasteiger partial charge in [-0.3, -0.25) is 4.79 Å². The number of anilines is 1. The van der Waals surface area contributed by atoms with Crippen molar-refractivity contribution in [3.05, 3.63) is 65.2 Å². The maximum absolute atomic E-state index is 12.6. The monoisotopic (exact) mass is 352 g/mol. The second kappa shape index (κ2) is 7.25. The highest BCUT2D eigenvalue weighted by molar-refractivity contribution is 6.31. The van der Waals surface area contributed by atoms with Crippen LogP contribution in [0.3, 0.4) is 0 Å². The predicted octanol–water partition coefficient (Wildman–Crippen LogP) is 2.90. The van der Waals surface area contributed by atoms with Gasteiger partial charge in [-0.2, -0.15) is 13.2 Å². The average molecular weight is 352 g/mol. The Bertz CT molecular complexity index is 756. The minimum absolute atomic E-state index is 0.00750. The van der Waals surface area contributed by atoms with E-state index in [9.17, 15) is 22.8 Å². The van der Waals surface area contributed by atoms with Crippen LogP contribution >= 0.6 is 0 Å². The first-order valence-corrected chi connectivity index (χ1v) is 7.19. The maximum Gasteiger partial charge on any atom is 0.416 e. The molecule has 2 aromatic carbocycles. The van der Waals surface area contributed by atoms with E-state index in [-0.39, 0.29) is 13.1 Å². The van der Waals surface area contributed by atoms with Gasteiger partial charge < -0.3 is 15.7 Å². The van der Waals surface area contributed by atoms with Crippen molar-refractivity contribution < 1.29 is 27.9 Å². The average Bonchev–Trinajstić information content (AvgIpc) is 2.55. The van der Waals surface area contributed by atoms with Crippen LogP contribution in [0.4, 0.5) is 18.9 Å². The molecule has 0 saturated heterocycles. The third kappa shape index (κ3) is 4.97.